The summed E-state index contributed by atoms with van der Waals surface area (Å²) in [4.78, 5) is 2.22. The molecule has 0 fully saturated rings. The number of rotatable bonds is 9. The largest absolute Gasteiger partial charge is 0.508 e. The van der Waals surface area contributed by atoms with Crippen LogP contribution in [0.15, 0.2) is 72.8 Å². The SMILES string of the molecule is Cc1ccc([C@H](CN(CCO)Cc2ccccc2)Nc2ccc(O)cc2Cl)cc1. The van der Waals surface area contributed by atoms with Gasteiger partial charge in [0.25, 0.3) is 0 Å². The van der Waals surface area contributed by atoms with Gasteiger partial charge in [0.2, 0.25) is 0 Å². The van der Waals surface area contributed by atoms with Crippen molar-refractivity contribution in [2.75, 3.05) is 25.0 Å². The van der Waals surface area contributed by atoms with Crippen LogP contribution >= 0.6 is 11.6 Å². The van der Waals surface area contributed by atoms with E-state index >= 15 is 0 Å². The van der Waals surface area contributed by atoms with Gasteiger partial charge in [-0.1, -0.05) is 71.8 Å². The van der Waals surface area contributed by atoms with Gasteiger partial charge in [-0.3, -0.25) is 4.90 Å². The maximum absolute atomic E-state index is 9.65. The van der Waals surface area contributed by atoms with Gasteiger partial charge in [-0.05, 0) is 30.2 Å². The van der Waals surface area contributed by atoms with E-state index in [9.17, 15) is 10.2 Å². The third-order valence-electron chi connectivity index (χ3n) is 4.87. The molecule has 0 aromatic heterocycles. The van der Waals surface area contributed by atoms with Crippen LogP contribution in [0.1, 0.15) is 22.7 Å². The van der Waals surface area contributed by atoms with Gasteiger partial charge in [0.15, 0.2) is 0 Å². The van der Waals surface area contributed by atoms with Crippen molar-refractivity contribution in [2.45, 2.75) is 19.5 Å². The van der Waals surface area contributed by atoms with Gasteiger partial charge < -0.3 is 15.5 Å². The summed E-state index contributed by atoms with van der Waals surface area (Å²) in [5.41, 5.74) is 4.30. The zero-order chi connectivity index (χ0) is 20.6. The summed E-state index contributed by atoms with van der Waals surface area (Å²) in [5, 5.41) is 23.2. The third-order valence-corrected chi connectivity index (χ3v) is 5.18. The van der Waals surface area contributed by atoms with Crippen molar-refractivity contribution >= 4 is 17.3 Å². The molecule has 0 heterocycles. The maximum atomic E-state index is 9.65. The van der Waals surface area contributed by atoms with E-state index in [2.05, 4.69) is 53.5 Å². The molecule has 0 amide bonds. The van der Waals surface area contributed by atoms with Crippen molar-refractivity contribution in [1.82, 2.24) is 4.90 Å². The number of nitrogens with one attached hydrogen (secondary N) is 1. The molecule has 0 spiro atoms. The molecule has 3 N–H and O–H groups in total. The van der Waals surface area contributed by atoms with Gasteiger partial charge in [0.1, 0.15) is 5.75 Å². The lowest BCUT2D eigenvalue weighted by Gasteiger charge is -2.29. The second-order valence-electron chi connectivity index (χ2n) is 7.22. The van der Waals surface area contributed by atoms with E-state index in [-0.39, 0.29) is 18.4 Å². The average molecular weight is 411 g/mol. The fourth-order valence-electron chi connectivity index (χ4n) is 3.32. The minimum Gasteiger partial charge on any atom is -0.508 e. The number of phenols is 1. The Balaban J connectivity index is 1.85. The highest BCUT2D eigenvalue weighted by molar-refractivity contribution is 6.33. The number of aromatic hydroxyl groups is 1. The van der Waals surface area contributed by atoms with E-state index in [4.69, 9.17) is 11.6 Å². The van der Waals surface area contributed by atoms with Gasteiger partial charge in [0, 0.05) is 25.7 Å². The lowest BCUT2D eigenvalue weighted by Crippen LogP contribution is -2.33. The topological polar surface area (TPSA) is 55.7 Å². The van der Waals surface area contributed by atoms with Crippen molar-refractivity contribution in [3.8, 4) is 5.75 Å². The van der Waals surface area contributed by atoms with E-state index in [0.29, 0.717) is 18.1 Å². The van der Waals surface area contributed by atoms with Crippen LogP contribution in [-0.4, -0.2) is 34.8 Å². The van der Waals surface area contributed by atoms with Crippen LogP contribution < -0.4 is 5.32 Å². The number of aryl methyl sites for hydroxylation is 1. The summed E-state index contributed by atoms with van der Waals surface area (Å²) in [6.45, 7) is 4.16. The Bertz CT molecular complexity index is 901. The molecule has 0 saturated heterocycles. The molecule has 4 nitrogen and oxygen atoms in total. The van der Waals surface area contributed by atoms with Gasteiger partial charge in [0.05, 0.1) is 23.4 Å². The number of benzene rings is 3. The van der Waals surface area contributed by atoms with E-state index < -0.39 is 0 Å². The number of phenolic OH excluding ortho intramolecular Hbond substituents is 1. The Morgan fingerprint density at radius 3 is 2.38 bits per heavy atom. The fourth-order valence-corrected chi connectivity index (χ4v) is 3.55. The van der Waals surface area contributed by atoms with Crippen molar-refractivity contribution in [1.29, 1.82) is 0 Å². The van der Waals surface area contributed by atoms with Crippen LogP contribution in [0.5, 0.6) is 5.75 Å². The molecule has 29 heavy (non-hydrogen) atoms. The number of anilines is 1. The summed E-state index contributed by atoms with van der Waals surface area (Å²) in [5.74, 6) is 0.137. The molecule has 3 aromatic carbocycles. The van der Waals surface area contributed by atoms with Crippen molar-refractivity contribution in [3.05, 3.63) is 94.5 Å². The Morgan fingerprint density at radius 2 is 1.72 bits per heavy atom. The molecule has 3 aromatic rings. The predicted molar refractivity (Wildman–Crippen MR) is 119 cm³/mol. The predicted octanol–water partition coefficient (Wildman–Crippen LogP) is 5.00. The van der Waals surface area contributed by atoms with E-state index in [1.807, 2.05) is 18.2 Å². The van der Waals surface area contributed by atoms with Crippen LogP contribution in [0, 0.1) is 6.92 Å². The summed E-state index contributed by atoms with van der Waals surface area (Å²) >= 11 is 6.34. The van der Waals surface area contributed by atoms with E-state index in [1.54, 1.807) is 12.1 Å². The summed E-state index contributed by atoms with van der Waals surface area (Å²) < 4.78 is 0. The van der Waals surface area contributed by atoms with Crippen molar-refractivity contribution < 1.29 is 10.2 Å². The lowest BCUT2D eigenvalue weighted by atomic mass is 10.0. The molecule has 0 aliphatic rings. The monoisotopic (exact) mass is 410 g/mol. The zero-order valence-electron chi connectivity index (χ0n) is 16.6. The van der Waals surface area contributed by atoms with E-state index in [0.717, 1.165) is 17.8 Å². The van der Waals surface area contributed by atoms with E-state index in [1.165, 1.54) is 17.2 Å². The third kappa shape index (κ3) is 6.23. The average Bonchev–Trinajstić information content (AvgIpc) is 2.71. The minimum atomic E-state index is -0.0343. The molecular formula is C24H27ClN2O2. The maximum Gasteiger partial charge on any atom is 0.117 e. The molecule has 1 atom stereocenters. The minimum absolute atomic E-state index is 0.0343. The second-order valence-corrected chi connectivity index (χ2v) is 7.62. The first-order valence-electron chi connectivity index (χ1n) is 9.74. The quantitative estimate of drug-likeness (QED) is 0.434. The smallest absolute Gasteiger partial charge is 0.117 e. The van der Waals surface area contributed by atoms with Crippen LogP contribution in [0.2, 0.25) is 5.02 Å². The molecule has 3 rings (SSSR count). The molecule has 0 aliphatic carbocycles. The van der Waals surface area contributed by atoms with Gasteiger partial charge in [-0.15, -0.1) is 0 Å². The van der Waals surface area contributed by atoms with Crippen molar-refractivity contribution in [2.24, 2.45) is 0 Å². The van der Waals surface area contributed by atoms with Crippen LogP contribution in [0.4, 0.5) is 5.69 Å². The number of aliphatic hydroxyl groups is 1. The Kier molecular flexibility index (Phi) is 7.53. The van der Waals surface area contributed by atoms with Gasteiger partial charge >= 0.3 is 0 Å². The molecular weight excluding hydrogens is 384 g/mol. The normalized spacial score (nSPS) is 12.1. The lowest BCUT2D eigenvalue weighted by molar-refractivity contribution is 0.185. The second kappa shape index (κ2) is 10.3. The Labute approximate surface area is 177 Å². The first kappa shape index (κ1) is 21.2. The first-order chi connectivity index (χ1) is 14.0. The van der Waals surface area contributed by atoms with Gasteiger partial charge in [-0.25, -0.2) is 0 Å². The Morgan fingerprint density at radius 1 is 1.00 bits per heavy atom. The highest BCUT2D eigenvalue weighted by atomic mass is 35.5. The highest BCUT2D eigenvalue weighted by Gasteiger charge is 2.18. The summed E-state index contributed by atoms with van der Waals surface area (Å²) in [6, 6.07) is 23.6. The van der Waals surface area contributed by atoms with Gasteiger partial charge in [-0.2, -0.15) is 0 Å². The number of aliphatic hydroxyl groups excluding tert-OH is 1. The molecule has 5 heteroatoms. The number of nitrogens with zero attached hydrogens (tertiary/aromatic N) is 1. The summed E-state index contributed by atoms with van der Waals surface area (Å²) in [7, 11) is 0. The number of halogens is 1. The molecule has 0 unspecified atom stereocenters. The van der Waals surface area contributed by atoms with Crippen LogP contribution in [-0.2, 0) is 6.54 Å². The van der Waals surface area contributed by atoms with Crippen LogP contribution in [0.3, 0.4) is 0 Å². The zero-order valence-corrected chi connectivity index (χ0v) is 17.3. The number of hydrogen-bond donors (Lipinski definition) is 3. The summed E-state index contributed by atoms with van der Waals surface area (Å²) in [6.07, 6.45) is 0. The first-order valence-corrected chi connectivity index (χ1v) is 10.1. The number of hydrogen-bond acceptors (Lipinski definition) is 4. The highest BCUT2D eigenvalue weighted by Crippen LogP contribution is 2.30. The molecule has 0 aliphatic heterocycles. The molecule has 0 radical (unpaired) electrons. The standard InChI is InChI=1S/C24H27ClN2O2/c1-18-7-9-20(10-8-18)24(26-23-12-11-21(29)15-22(23)25)17-27(13-14-28)16-19-5-3-2-4-6-19/h2-12,15,24,26,28-29H,13-14,16-17H2,1H3/t24-/m0/s1. The molecule has 152 valence electrons. The molecule has 0 saturated carbocycles. The molecule has 0 bridgehead atoms. The van der Waals surface area contributed by atoms with Crippen LogP contribution in [0.25, 0.3) is 0 Å². The Hall–Kier alpha value is -2.53. The van der Waals surface area contributed by atoms with Crippen molar-refractivity contribution in [3.63, 3.8) is 0 Å². The fraction of sp³-hybridized carbons (Fsp3) is 0.250.